The minimum Gasteiger partial charge on any atom is -0.463 e. The Kier molecular flexibility index (Phi) is 6.70. The topological polar surface area (TPSA) is 61.5 Å². The number of hydrogen-bond acceptors (Lipinski definition) is 4. The van der Waals surface area contributed by atoms with Crippen LogP contribution in [0.25, 0.3) is 0 Å². The van der Waals surface area contributed by atoms with Crippen molar-refractivity contribution in [1.82, 2.24) is 0 Å². The first kappa shape index (κ1) is 11.4. The Bertz CT molecular complexity index is 125. The first-order valence-electron chi connectivity index (χ1n) is 4.14. The molecule has 0 aliphatic rings. The summed E-state index contributed by atoms with van der Waals surface area (Å²) in [6, 6.07) is 0. The zero-order valence-corrected chi connectivity index (χ0v) is 7.71. The molecule has 0 saturated carbocycles. The van der Waals surface area contributed by atoms with Gasteiger partial charge in [0, 0.05) is 6.54 Å². The molecule has 0 bridgehead atoms. The summed E-state index contributed by atoms with van der Waals surface area (Å²) in [5, 5.41) is 0. The molecule has 0 spiro atoms. The molecule has 0 atom stereocenters. The standard InChI is InChI=1S/C8H17NO3/c1-7(2)11-5-6-12-8(10)3-4-9/h7H,3-6,9H2,1-2H3. The summed E-state index contributed by atoms with van der Waals surface area (Å²) in [4.78, 5) is 10.7. The van der Waals surface area contributed by atoms with Crippen LogP contribution in [0.15, 0.2) is 0 Å². The third-order valence-corrected chi connectivity index (χ3v) is 1.15. The van der Waals surface area contributed by atoms with Crippen LogP contribution < -0.4 is 5.73 Å². The Hall–Kier alpha value is -0.610. The monoisotopic (exact) mass is 175 g/mol. The fourth-order valence-corrected chi connectivity index (χ4v) is 0.629. The fraction of sp³-hybridized carbons (Fsp3) is 0.875. The highest BCUT2D eigenvalue weighted by Crippen LogP contribution is 1.89. The van der Waals surface area contributed by atoms with Gasteiger partial charge in [0.05, 0.1) is 19.1 Å². The molecule has 72 valence electrons. The molecule has 0 rings (SSSR count). The van der Waals surface area contributed by atoms with E-state index in [9.17, 15) is 4.79 Å². The van der Waals surface area contributed by atoms with Crippen molar-refractivity contribution in [2.45, 2.75) is 26.4 Å². The van der Waals surface area contributed by atoms with Gasteiger partial charge in [-0.15, -0.1) is 0 Å². The summed E-state index contributed by atoms with van der Waals surface area (Å²) in [5.41, 5.74) is 5.15. The number of rotatable bonds is 6. The van der Waals surface area contributed by atoms with E-state index in [0.717, 1.165) is 0 Å². The second-order valence-electron chi connectivity index (χ2n) is 2.68. The summed E-state index contributed by atoms with van der Waals surface area (Å²) in [6.07, 6.45) is 0.458. The van der Waals surface area contributed by atoms with E-state index >= 15 is 0 Å². The van der Waals surface area contributed by atoms with Gasteiger partial charge in [0.1, 0.15) is 6.61 Å². The van der Waals surface area contributed by atoms with Gasteiger partial charge in [-0.3, -0.25) is 4.79 Å². The van der Waals surface area contributed by atoms with Gasteiger partial charge in [0.2, 0.25) is 0 Å². The fourth-order valence-electron chi connectivity index (χ4n) is 0.629. The molecule has 0 aromatic rings. The smallest absolute Gasteiger partial charge is 0.307 e. The van der Waals surface area contributed by atoms with Crippen molar-refractivity contribution in [1.29, 1.82) is 0 Å². The summed E-state index contributed by atoms with van der Waals surface area (Å²) in [7, 11) is 0. The first-order chi connectivity index (χ1) is 5.66. The maximum Gasteiger partial charge on any atom is 0.307 e. The third-order valence-electron chi connectivity index (χ3n) is 1.15. The van der Waals surface area contributed by atoms with Crippen LogP contribution in [0.2, 0.25) is 0 Å². The molecule has 0 aromatic carbocycles. The van der Waals surface area contributed by atoms with Crippen molar-refractivity contribution in [3.63, 3.8) is 0 Å². The van der Waals surface area contributed by atoms with Crippen LogP contribution in [0.3, 0.4) is 0 Å². The van der Waals surface area contributed by atoms with Crippen molar-refractivity contribution in [2.75, 3.05) is 19.8 Å². The van der Waals surface area contributed by atoms with Gasteiger partial charge in [-0.05, 0) is 13.8 Å². The molecule has 0 unspecified atom stereocenters. The molecule has 4 nitrogen and oxygen atoms in total. The zero-order chi connectivity index (χ0) is 9.40. The van der Waals surface area contributed by atoms with E-state index in [1.165, 1.54) is 0 Å². The Balaban J connectivity index is 3.14. The van der Waals surface area contributed by atoms with Crippen molar-refractivity contribution in [2.24, 2.45) is 5.73 Å². The number of esters is 1. The van der Waals surface area contributed by atoms with Gasteiger partial charge in [0.25, 0.3) is 0 Å². The van der Waals surface area contributed by atoms with E-state index < -0.39 is 0 Å². The van der Waals surface area contributed by atoms with Crippen molar-refractivity contribution in [3.05, 3.63) is 0 Å². The molecule has 0 fully saturated rings. The molecule has 0 aliphatic carbocycles. The first-order valence-corrected chi connectivity index (χ1v) is 4.14. The van der Waals surface area contributed by atoms with Crippen molar-refractivity contribution in [3.8, 4) is 0 Å². The quantitative estimate of drug-likeness (QED) is 0.466. The largest absolute Gasteiger partial charge is 0.463 e. The molecular formula is C8H17NO3. The molecule has 0 radical (unpaired) electrons. The summed E-state index contributed by atoms with van der Waals surface area (Å²) in [6.45, 7) is 4.97. The lowest BCUT2D eigenvalue weighted by atomic mass is 10.4. The van der Waals surface area contributed by atoms with Gasteiger partial charge in [-0.2, -0.15) is 0 Å². The molecule has 0 saturated heterocycles. The molecule has 0 heterocycles. The second kappa shape index (κ2) is 7.06. The lowest BCUT2D eigenvalue weighted by molar-refractivity contribution is -0.145. The number of carbonyl (C=O) groups is 1. The predicted molar refractivity (Wildman–Crippen MR) is 45.7 cm³/mol. The van der Waals surface area contributed by atoms with Gasteiger partial charge in [-0.25, -0.2) is 0 Å². The van der Waals surface area contributed by atoms with E-state index in [2.05, 4.69) is 0 Å². The van der Waals surface area contributed by atoms with Crippen molar-refractivity contribution < 1.29 is 14.3 Å². The minimum absolute atomic E-state index is 0.179. The lowest BCUT2D eigenvalue weighted by Crippen LogP contribution is -2.15. The van der Waals surface area contributed by atoms with Crippen LogP contribution in [0, 0.1) is 0 Å². The minimum atomic E-state index is -0.259. The highest BCUT2D eigenvalue weighted by atomic mass is 16.6. The van der Waals surface area contributed by atoms with Gasteiger partial charge < -0.3 is 15.2 Å². The lowest BCUT2D eigenvalue weighted by Gasteiger charge is -2.07. The van der Waals surface area contributed by atoms with Crippen LogP contribution in [0.1, 0.15) is 20.3 Å². The number of ether oxygens (including phenoxy) is 2. The molecule has 0 aromatic heterocycles. The van der Waals surface area contributed by atoms with Gasteiger partial charge in [-0.1, -0.05) is 0 Å². The highest BCUT2D eigenvalue weighted by molar-refractivity contribution is 5.69. The Labute approximate surface area is 73.0 Å². The van der Waals surface area contributed by atoms with E-state index in [1.54, 1.807) is 0 Å². The van der Waals surface area contributed by atoms with Crippen LogP contribution in [0.5, 0.6) is 0 Å². The van der Waals surface area contributed by atoms with Crippen LogP contribution in [-0.2, 0) is 14.3 Å². The molecule has 0 amide bonds. The number of carbonyl (C=O) groups excluding carboxylic acids is 1. The SMILES string of the molecule is CC(C)OCCOC(=O)CCN. The molecule has 12 heavy (non-hydrogen) atoms. The zero-order valence-electron chi connectivity index (χ0n) is 7.71. The number of hydrogen-bond donors (Lipinski definition) is 1. The maximum atomic E-state index is 10.7. The van der Waals surface area contributed by atoms with E-state index in [0.29, 0.717) is 19.8 Å². The van der Waals surface area contributed by atoms with Gasteiger partial charge in [0.15, 0.2) is 0 Å². The van der Waals surface area contributed by atoms with Crippen LogP contribution in [-0.4, -0.2) is 31.8 Å². The summed E-state index contributed by atoms with van der Waals surface area (Å²) < 4.78 is 9.95. The Morgan fingerprint density at radius 1 is 1.42 bits per heavy atom. The van der Waals surface area contributed by atoms with Crippen molar-refractivity contribution >= 4 is 5.97 Å². The normalized spacial score (nSPS) is 10.3. The molecule has 2 N–H and O–H groups in total. The van der Waals surface area contributed by atoms with E-state index in [-0.39, 0.29) is 18.5 Å². The average Bonchev–Trinajstić information content (AvgIpc) is 1.98. The predicted octanol–water partition coefficient (Wildman–Crippen LogP) is 0.303. The van der Waals surface area contributed by atoms with Gasteiger partial charge >= 0.3 is 5.97 Å². The Morgan fingerprint density at radius 3 is 2.58 bits per heavy atom. The summed E-state index contributed by atoms with van der Waals surface area (Å²) in [5.74, 6) is -0.259. The Morgan fingerprint density at radius 2 is 2.08 bits per heavy atom. The highest BCUT2D eigenvalue weighted by Gasteiger charge is 2.00. The van der Waals surface area contributed by atoms with E-state index in [4.69, 9.17) is 15.2 Å². The third kappa shape index (κ3) is 7.50. The maximum absolute atomic E-state index is 10.7. The molecule has 0 aliphatic heterocycles. The van der Waals surface area contributed by atoms with Crippen LogP contribution >= 0.6 is 0 Å². The molecule has 4 heteroatoms. The van der Waals surface area contributed by atoms with E-state index in [1.807, 2.05) is 13.8 Å². The molecular weight excluding hydrogens is 158 g/mol. The average molecular weight is 175 g/mol. The number of nitrogens with two attached hydrogens (primary N) is 1. The second-order valence-corrected chi connectivity index (χ2v) is 2.68. The summed E-state index contributed by atoms with van der Waals surface area (Å²) >= 11 is 0. The van der Waals surface area contributed by atoms with Crippen LogP contribution in [0.4, 0.5) is 0 Å².